The van der Waals surface area contributed by atoms with E-state index in [0.29, 0.717) is 12.1 Å². The van der Waals surface area contributed by atoms with Crippen molar-refractivity contribution in [1.82, 2.24) is 19.6 Å². The lowest BCUT2D eigenvalue weighted by molar-refractivity contribution is -0.00693. The van der Waals surface area contributed by atoms with Gasteiger partial charge in [0.1, 0.15) is 0 Å². The molecule has 6 heteroatoms. The molecule has 136 valence electrons. The Morgan fingerprint density at radius 2 is 1.26 bits per heavy atom. The molecule has 23 heavy (non-hydrogen) atoms. The minimum atomic E-state index is 0.607. The predicted molar refractivity (Wildman–Crippen MR) is 94.1 cm³/mol. The fraction of sp³-hybridized carbons (Fsp3) is 1.00. The first-order chi connectivity index (χ1) is 11.2. The highest BCUT2D eigenvalue weighted by Gasteiger charge is 2.36. The van der Waals surface area contributed by atoms with Crippen molar-refractivity contribution in [3.63, 3.8) is 0 Å². The molecule has 2 fully saturated rings. The summed E-state index contributed by atoms with van der Waals surface area (Å²) in [5.74, 6) is 0. The average Bonchev–Trinajstić information content (AvgIpc) is 2.56. The normalized spacial score (nSPS) is 29.2. The summed E-state index contributed by atoms with van der Waals surface area (Å²) in [5.41, 5.74) is 0. The maximum Gasteiger partial charge on any atom is 0.0589 e. The molecular weight excluding hydrogens is 292 g/mol. The van der Waals surface area contributed by atoms with Gasteiger partial charge >= 0.3 is 0 Å². The Kier molecular flexibility index (Phi) is 8.23. The molecule has 0 aromatic carbocycles. The molecule has 0 amide bonds. The summed E-state index contributed by atoms with van der Waals surface area (Å²) in [4.78, 5) is 10.3. The van der Waals surface area contributed by atoms with Crippen molar-refractivity contribution in [2.75, 3.05) is 93.9 Å². The number of ether oxygens (including phenoxy) is 2. The van der Waals surface area contributed by atoms with Crippen molar-refractivity contribution in [2.24, 2.45) is 0 Å². The van der Waals surface area contributed by atoms with Gasteiger partial charge in [0.05, 0.1) is 6.61 Å². The summed E-state index contributed by atoms with van der Waals surface area (Å²) in [6.07, 6.45) is 1.13. The van der Waals surface area contributed by atoms with Crippen LogP contribution in [0.2, 0.25) is 0 Å². The highest BCUT2D eigenvalue weighted by molar-refractivity contribution is 4.94. The van der Waals surface area contributed by atoms with E-state index in [1.165, 1.54) is 19.6 Å². The highest BCUT2D eigenvalue weighted by atomic mass is 16.5. The van der Waals surface area contributed by atoms with Gasteiger partial charge in [0.15, 0.2) is 0 Å². The van der Waals surface area contributed by atoms with Gasteiger partial charge in [-0.25, -0.2) is 0 Å². The van der Waals surface area contributed by atoms with Crippen LogP contribution in [0, 0.1) is 0 Å². The first kappa shape index (κ1) is 19.1. The Morgan fingerprint density at radius 1 is 0.739 bits per heavy atom. The Hall–Kier alpha value is -0.240. The standard InChI is InChI=1S/C17H36N4O2/c1-18-7-9-20(6-5-12-22-3)14-16(18)17-15-21(11-13-23-4)10-8-19(17)2/h16-17H,5-15H2,1-4H3. The molecule has 0 N–H and O–H groups in total. The molecule has 0 spiro atoms. The number of hydrogen-bond donors (Lipinski definition) is 0. The molecule has 2 atom stereocenters. The van der Waals surface area contributed by atoms with Crippen LogP contribution in [-0.2, 0) is 9.47 Å². The smallest absolute Gasteiger partial charge is 0.0589 e. The minimum absolute atomic E-state index is 0.607. The molecule has 0 aromatic rings. The molecule has 0 saturated carbocycles. The second-order valence-corrected chi connectivity index (χ2v) is 7.04. The van der Waals surface area contributed by atoms with E-state index in [4.69, 9.17) is 9.47 Å². The van der Waals surface area contributed by atoms with Crippen molar-refractivity contribution < 1.29 is 9.47 Å². The largest absolute Gasteiger partial charge is 0.385 e. The third kappa shape index (κ3) is 5.66. The van der Waals surface area contributed by atoms with Crippen molar-refractivity contribution >= 4 is 0 Å². The third-order valence-corrected chi connectivity index (χ3v) is 5.44. The van der Waals surface area contributed by atoms with E-state index in [1.54, 1.807) is 14.2 Å². The molecule has 6 nitrogen and oxygen atoms in total. The molecule has 2 saturated heterocycles. The van der Waals surface area contributed by atoms with Gasteiger partial charge in [-0.1, -0.05) is 0 Å². The first-order valence-corrected chi connectivity index (χ1v) is 8.98. The van der Waals surface area contributed by atoms with E-state index in [9.17, 15) is 0 Å². The van der Waals surface area contributed by atoms with Crippen molar-refractivity contribution in [3.05, 3.63) is 0 Å². The van der Waals surface area contributed by atoms with E-state index < -0.39 is 0 Å². The lowest BCUT2D eigenvalue weighted by Crippen LogP contribution is -2.65. The summed E-state index contributed by atoms with van der Waals surface area (Å²) >= 11 is 0. The number of nitrogens with zero attached hydrogens (tertiary/aromatic N) is 4. The molecule has 2 aliphatic heterocycles. The maximum atomic E-state index is 5.26. The maximum absolute atomic E-state index is 5.26. The molecule has 0 aromatic heterocycles. The Labute approximate surface area is 142 Å². The summed E-state index contributed by atoms with van der Waals surface area (Å²) in [5, 5.41) is 0. The number of hydrogen-bond acceptors (Lipinski definition) is 6. The zero-order valence-corrected chi connectivity index (χ0v) is 15.5. The summed E-state index contributed by atoms with van der Waals surface area (Å²) < 4.78 is 10.5. The molecule has 0 radical (unpaired) electrons. The number of likely N-dealkylation sites (N-methyl/N-ethyl adjacent to an activating group) is 2. The van der Waals surface area contributed by atoms with E-state index in [1.807, 2.05) is 0 Å². The fourth-order valence-corrected chi connectivity index (χ4v) is 3.81. The van der Waals surface area contributed by atoms with Crippen LogP contribution < -0.4 is 0 Å². The van der Waals surface area contributed by atoms with E-state index >= 15 is 0 Å². The summed E-state index contributed by atoms with van der Waals surface area (Å²) in [7, 11) is 8.16. The van der Waals surface area contributed by atoms with Crippen LogP contribution in [0.3, 0.4) is 0 Å². The molecule has 2 rings (SSSR count). The SMILES string of the molecule is COCCCN1CCN(C)C(C2CN(CCOC)CCN2C)C1. The molecular formula is C17H36N4O2. The van der Waals surface area contributed by atoms with Crippen LogP contribution in [0.1, 0.15) is 6.42 Å². The zero-order chi connectivity index (χ0) is 16.7. The highest BCUT2D eigenvalue weighted by Crippen LogP contribution is 2.19. The van der Waals surface area contributed by atoms with E-state index in [-0.39, 0.29) is 0 Å². The zero-order valence-electron chi connectivity index (χ0n) is 15.5. The number of methoxy groups -OCH3 is 2. The van der Waals surface area contributed by atoms with Gasteiger partial charge in [-0.15, -0.1) is 0 Å². The van der Waals surface area contributed by atoms with Gasteiger partial charge in [0.25, 0.3) is 0 Å². The second kappa shape index (κ2) is 9.91. The molecule has 2 aliphatic rings. The van der Waals surface area contributed by atoms with Crippen LogP contribution >= 0.6 is 0 Å². The van der Waals surface area contributed by atoms with Crippen molar-refractivity contribution in [3.8, 4) is 0 Å². The summed E-state index contributed by atoms with van der Waals surface area (Å²) in [6, 6.07) is 1.22. The van der Waals surface area contributed by atoms with E-state index in [0.717, 1.165) is 52.4 Å². The third-order valence-electron chi connectivity index (χ3n) is 5.44. The molecule has 2 heterocycles. The minimum Gasteiger partial charge on any atom is -0.385 e. The Bertz CT molecular complexity index is 330. The fourth-order valence-electron chi connectivity index (χ4n) is 3.81. The average molecular weight is 329 g/mol. The number of rotatable bonds is 8. The van der Waals surface area contributed by atoms with Crippen LogP contribution in [-0.4, -0.2) is 126 Å². The van der Waals surface area contributed by atoms with Crippen LogP contribution in [0.15, 0.2) is 0 Å². The second-order valence-electron chi connectivity index (χ2n) is 7.04. The predicted octanol–water partition coefficient (Wildman–Crippen LogP) is -0.0987. The van der Waals surface area contributed by atoms with Gasteiger partial charge in [0.2, 0.25) is 0 Å². The topological polar surface area (TPSA) is 31.4 Å². The molecule has 2 unspecified atom stereocenters. The van der Waals surface area contributed by atoms with Crippen LogP contribution in [0.25, 0.3) is 0 Å². The summed E-state index contributed by atoms with van der Waals surface area (Å²) in [6.45, 7) is 10.9. The van der Waals surface area contributed by atoms with E-state index in [2.05, 4.69) is 33.7 Å². The van der Waals surface area contributed by atoms with Crippen LogP contribution in [0.5, 0.6) is 0 Å². The lowest BCUT2D eigenvalue weighted by Gasteiger charge is -2.49. The molecule has 0 bridgehead atoms. The quantitative estimate of drug-likeness (QED) is 0.579. The Morgan fingerprint density at radius 3 is 1.78 bits per heavy atom. The number of piperazine rings is 2. The van der Waals surface area contributed by atoms with Crippen LogP contribution in [0.4, 0.5) is 0 Å². The van der Waals surface area contributed by atoms with Gasteiger partial charge in [-0.3, -0.25) is 14.7 Å². The Balaban J connectivity index is 1.90. The van der Waals surface area contributed by atoms with Crippen molar-refractivity contribution in [1.29, 1.82) is 0 Å². The molecule has 0 aliphatic carbocycles. The first-order valence-electron chi connectivity index (χ1n) is 8.98. The monoisotopic (exact) mass is 328 g/mol. The lowest BCUT2D eigenvalue weighted by atomic mass is 9.99. The van der Waals surface area contributed by atoms with Crippen molar-refractivity contribution in [2.45, 2.75) is 18.5 Å². The van der Waals surface area contributed by atoms with Gasteiger partial charge < -0.3 is 14.4 Å². The van der Waals surface area contributed by atoms with Gasteiger partial charge in [0, 0.05) is 85.3 Å². The van der Waals surface area contributed by atoms with Gasteiger partial charge in [-0.05, 0) is 20.5 Å². The van der Waals surface area contributed by atoms with Gasteiger partial charge in [-0.2, -0.15) is 0 Å².